The molecule has 0 aromatic heterocycles. The van der Waals surface area contributed by atoms with E-state index in [0.29, 0.717) is 0 Å². The molecule has 0 saturated carbocycles. The molecule has 0 heterocycles. The van der Waals surface area contributed by atoms with Crippen LogP contribution in [-0.4, -0.2) is 48.7 Å². The van der Waals surface area contributed by atoms with Crippen LogP contribution < -0.4 is 10.6 Å². The maximum Gasteiger partial charge on any atom is 0.242 e. The standard InChI is InChI=1S/C18H30N4OS/c1-7-19-17(20-12-16(23)21-18(2,3)4)22(5)13-14-8-10-15(24-6)11-9-14/h8-11H,7,12-13H2,1-6H3,(H,19,20)(H,21,23). The highest BCUT2D eigenvalue weighted by molar-refractivity contribution is 7.98. The Hall–Kier alpha value is -1.69. The number of benzene rings is 1. The monoisotopic (exact) mass is 350 g/mol. The van der Waals surface area contributed by atoms with Crippen molar-refractivity contribution in [3.05, 3.63) is 29.8 Å². The number of carbonyl (C=O) groups excluding carboxylic acids is 1. The highest BCUT2D eigenvalue weighted by atomic mass is 32.2. The first-order valence-electron chi connectivity index (χ1n) is 8.18. The summed E-state index contributed by atoms with van der Waals surface area (Å²) in [5, 5.41) is 6.16. The fraction of sp³-hybridized carbons (Fsp3) is 0.556. The first-order valence-corrected chi connectivity index (χ1v) is 9.41. The van der Waals surface area contributed by atoms with Gasteiger partial charge < -0.3 is 15.5 Å². The summed E-state index contributed by atoms with van der Waals surface area (Å²) in [6.07, 6.45) is 2.07. The summed E-state index contributed by atoms with van der Waals surface area (Å²) in [6.45, 7) is 9.52. The Balaban J connectivity index is 2.70. The second-order valence-corrected chi connectivity index (χ2v) is 7.55. The molecule has 0 aliphatic carbocycles. The van der Waals surface area contributed by atoms with Crippen LogP contribution in [0.1, 0.15) is 33.3 Å². The molecule has 6 heteroatoms. The van der Waals surface area contributed by atoms with Crippen molar-refractivity contribution in [1.82, 2.24) is 15.5 Å². The van der Waals surface area contributed by atoms with Crippen LogP contribution in [0.3, 0.4) is 0 Å². The van der Waals surface area contributed by atoms with Gasteiger partial charge in [0.15, 0.2) is 5.96 Å². The SMILES string of the molecule is CCNC(=NCC(=O)NC(C)(C)C)N(C)Cc1ccc(SC)cc1. The van der Waals surface area contributed by atoms with E-state index >= 15 is 0 Å². The van der Waals surface area contributed by atoms with Crippen molar-refractivity contribution in [2.24, 2.45) is 4.99 Å². The number of nitrogens with one attached hydrogen (secondary N) is 2. The van der Waals surface area contributed by atoms with Gasteiger partial charge in [-0.2, -0.15) is 0 Å². The fourth-order valence-corrected chi connectivity index (χ4v) is 2.56. The molecule has 0 aliphatic heterocycles. The summed E-state index contributed by atoms with van der Waals surface area (Å²) in [5.74, 6) is 0.658. The Morgan fingerprint density at radius 3 is 2.38 bits per heavy atom. The second kappa shape index (κ2) is 9.57. The van der Waals surface area contributed by atoms with Crippen molar-refractivity contribution < 1.29 is 4.79 Å². The Kier molecular flexibility index (Phi) is 8.11. The van der Waals surface area contributed by atoms with Crippen molar-refractivity contribution in [1.29, 1.82) is 0 Å². The lowest BCUT2D eigenvalue weighted by Crippen LogP contribution is -2.43. The molecule has 1 amide bonds. The molecule has 0 atom stereocenters. The third-order valence-electron chi connectivity index (χ3n) is 3.16. The van der Waals surface area contributed by atoms with E-state index in [9.17, 15) is 4.79 Å². The van der Waals surface area contributed by atoms with E-state index < -0.39 is 0 Å². The zero-order chi connectivity index (χ0) is 18.2. The zero-order valence-corrected chi connectivity index (χ0v) is 16.5. The van der Waals surface area contributed by atoms with E-state index in [1.807, 2.05) is 39.6 Å². The van der Waals surface area contributed by atoms with Crippen LogP contribution in [0.4, 0.5) is 0 Å². The van der Waals surface area contributed by atoms with Crippen LogP contribution >= 0.6 is 11.8 Å². The van der Waals surface area contributed by atoms with E-state index in [2.05, 4.69) is 46.1 Å². The number of thioether (sulfide) groups is 1. The lowest BCUT2D eigenvalue weighted by molar-refractivity contribution is -0.121. The Labute approximate surface area is 150 Å². The molecule has 0 saturated heterocycles. The van der Waals surface area contributed by atoms with Crippen LogP contribution in [0, 0.1) is 0 Å². The van der Waals surface area contributed by atoms with Gasteiger partial charge in [-0.3, -0.25) is 4.79 Å². The quantitative estimate of drug-likeness (QED) is 0.470. The van der Waals surface area contributed by atoms with Crippen LogP contribution in [-0.2, 0) is 11.3 Å². The Bertz CT molecular complexity index is 549. The third-order valence-corrected chi connectivity index (χ3v) is 3.91. The fourth-order valence-electron chi connectivity index (χ4n) is 2.15. The molecule has 134 valence electrons. The van der Waals surface area contributed by atoms with Gasteiger partial charge in [-0.15, -0.1) is 11.8 Å². The van der Waals surface area contributed by atoms with Gasteiger partial charge in [0.05, 0.1) is 0 Å². The minimum Gasteiger partial charge on any atom is -0.357 e. The van der Waals surface area contributed by atoms with Crippen LogP contribution in [0.15, 0.2) is 34.2 Å². The smallest absolute Gasteiger partial charge is 0.242 e. The lowest BCUT2D eigenvalue weighted by atomic mass is 10.1. The number of nitrogens with zero attached hydrogens (tertiary/aromatic N) is 2. The number of aliphatic imine (C=N–C) groups is 1. The van der Waals surface area contributed by atoms with E-state index in [0.717, 1.165) is 19.0 Å². The van der Waals surface area contributed by atoms with Crippen molar-refractivity contribution in [2.45, 2.75) is 44.7 Å². The summed E-state index contributed by atoms with van der Waals surface area (Å²) in [6, 6.07) is 8.49. The lowest BCUT2D eigenvalue weighted by Gasteiger charge is -2.23. The van der Waals surface area contributed by atoms with Gasteiger partial charge in [-0.1, -0.05) is 12.1 Å². The number of hydrogen-bond donors (Lipinski definition) is 2. The summed E-state index contributed by atoms with van der Waals surface area (Å²) in [4.78, 5) is 19.7. The van der Waals surface area contributed by atoms with E-state index in [-0.39, 0.29) is 18.0 Å². The summed E-state index contributed by atoms with van der Waals surface area (Å²) in [5.41, 5.74) is 0.968. The summed E-state index contributed by atoms with van der Waals surface area (Å²) < 4.78 is 0. The molecule has 0 bridgehead atoms. The molecule has 1 aromatic carbocycles. The highest BCUT2D eigenvalue weighted by Gasteiger charge is 2.14. The molecular weight excluding hydrogens is 320 g/mol. The number of carbonyl (C=O) groups is 1. The van der Waals surface area contributed by atoms with Crippen molar-refractivity contribution in [3.8, 4) is 0 Å². The third kappa shape index (κ3) is 7.73. The van der Waals surface area contributed by atoms with Crippen molar-refractivity contribution >= 4 is 23.6 Å². The van der Waals surface area contributed by atoms with E-state index in [4.69, 9.17) is 0 Å². The first-order chi connectivity index (χ1) is 11.2. The first kappa shape index (κ1) is 20.4. The topological polar surface area (TPSA) is 56.7 Å². The van der Waals surface area contributed by atoms with E-state index in [1.165, 1.54) is 10.5 Å². The molecule has 24 heavy (non-hydrogen) atoms. The normalized spacial score (nSPS) is 12.0. The predicted octanol–water partition coefficient (Wildman–Crippen LogP) is 2.72. The van der Waals surface area contributed by atoms with E-state index in [1.54, 1.807) is 11.8 Å². The van der Waals surface area contributed by atoms with Gasteiger partial charge in [-0.25, -0.2) is 4.99 Å². The second-order valence-electron chi connectivity index (χ2n) is 6.67. The van der Waals surface area contributed by atoms with Gasteiger partial charge in [0.1, 0.15) is 6.54 Å². The van der Waals surface area contributed by atoms with Gasteiger partial charge in [0.25, 0.3) is 0 Å². The minimum atomic E-state index is -0.240. The highest BCUT2D eigenvalue weighted by Crippen LogP contribution is 2.15. The molecule has 0 radical (unpaired) electrons. The summed E-state index contributed by atoms with van der Waals surface area (Å²) in [7, 11) is 1.98. The number of rotatable bonds is 6. The van der Waals surface area contributed by atoms with Crippen LogP contribution in [0.25, 0.3) is 0 Å². The van der Waals surface area contributed by atoms with Crippen molar-refractivity contribution in [2.75, 3.05) is 26.4 Å². The number of guanidine groups is 1. The van der Waals surface area contributed by atoms with Gasteiger partial charge in [-0.05, 0) is 51.6 Å². The zero-order valence-electron chi connectivity index (χ0n) is 15.6. The van der Waals surface area contributed by atoms with Gasteiger partial charge >= 0.3 is 0 Å². The maximum absolute atomic E-state index is 12.0. The average molecular weight is 351 g/mol. The molecule has 1 aromatic rings. The van der Waals surface area contributed by atoms with Gasteiger partial charge in [0, 0.05) is 30.6 Å². The molecular formula is C18H30N4OS. The minimum absolute atomic E-state index is 0.0735. The number of amides is 1. The molecule has 0 fully saturated rings. The molecule has 0 spiro atoms. The van der Waals surface area contributed by atoms with Crippen molar-refractivity contribution in [3.63, 3.8) is 0 Å². The largest absolute Gasteiger partial charge is 0.357 e. The Morgan fingerprint density at radius 2 is 1.88 bits per heavy atom. The maximum atomic E-state index is 12.0. The average Bonchev–Trinajstić information content (AvgIpc) is 2.50. The molecule has 0 aliphatic rings. The van der Waals surface area contributed by atoms with Gasteiger partial charge in [0.2, 0.25) is 5.91 Å². The summed E-state index contributed by atoms with van der Waals surface area (Å²) >= 11 is 1.73. The Morgan fingerprint density at radius 1 is 1.25 bits per heavy atom. The molecule has 5 nitrogen and oxygen atoms in total. The van der Waals surface area contributed by atoms with Crippen LogP contribution in [0.2, 0.25) is 0 Å². The number of hydrogen-bond acceptors (Lipinski definition) is 3. The van der Waals surface area contributed by atoms with Crippen LogP contribution in [0.5, 0.6) is 0 Å². The molecule has 2 N–H and O–H groups in total. The predicted molar refractivity (Wildman–Crippen MR) is 104 cm³/mol. The molecule has 1 rings (SSSR count). The molecule has 0 unspecified atom stereocenters.